The molecule has 0 unspecified atom stereocenters. The number of carbonyl (C=O) groups is 1. The molecule has 1 fully saturated rings. The van der Waals surface area contributed by atoms with Gasteiger partial charge in [0.05, 0.1) is 11.6 Å². The lowest BCUT2D eigenvalue weighted by Gasteiger charge is -2.23. The minimum atomic E-state index is -0.270. The van der Waals surface area contributed by atoms with E-state index in [0.717, 1.165) is 24.0 Å². The van der Waals surface area contributed by atoms with Gasteiger partial charge in [-0.15, -0.1) is 0 Å². The molecule has 2 aliphatic rings. The van der Waals surface area contributed by atoms with Gasteiger partial charge >= 0.3 is 0 Å². The molecule has 1 amide bonds. The van der Waals surface area contributed by atoms with E-state index in [0.29, 0.717) is 23.6 Å². The summed E-state index contributed by atoms with van der Waals surface area (Å²) in [5.74, 6) is -0.0982. The third-order valence-electron chi connectivity index (χ3n) is 4.71. The van der Waals surface area contributed by atoms with E-state index in [1.807, 2.05) is 30.3 Å². The van der Waals surface area contributed by atoms with Crippen LogP contribution in [-0.4, -0.2) is 5.91 Å². The Bertz CT molecular complexity index is 811. The Labute approximate surface area is 140 Å². The van der Waals surface area contributed by atoms with Gasteiger partial charge < -0.3 is 10.6 Å². The summed E-state index contributed by atoms with van der Waals surface area (Å²) in [6, 6.07) is 14.3. The van der Waals surface area contributed by atoms with Gasteiger partial charge in [0.25, 0.3) is 5.91 Å². The van der Waals surface area contributed by atoms with Gasteiger partial charge in [-0.25, -0.2) is 4.39 Å². The van der Waals surface area contributed by atoms with Gasteiger partial charge in [0, 0.05) is 18.3 Å². The van der Waals surface area contributed by atoms with E-state index in [-0.39, 0.29) is 17.8 Å². The summed E-state index contributed by atoms with van der Waals surface area (Å²) in [7, 11) is 0. The zero-order chi connectivity index (χ0) is 16.5. The van der Waals surface area contributed by atoms with Crippen LogP contribution in [0.1, 0.15) is 35.6 Å². The first-order valence-electron chi connectivity index (χ1n) is 8.31. The van der Waals surface area contributed by atoms with Crippen LogP contribution in [0, 0.1) is 11.7 Å². The normalized spacial score (nSPS) is 17.3. The maximum absolute atomic E-state index is 14.2. The first-order chi connectivity index (χ1) is 11.7. The second kappa shape index (κ2) is 6.11. The Morgan fingerprint density at radius 2 is 1.88 bits per heavy atom. The van der Waals surface area contributed by atoms with Gasteiger partial charge in [-0.3, -0.25) is 4.79 Å². The number of fused-ring (bicyclic) bond motifs is 1. The fourth-order valence-corrected chi connectivity index (χ4v) is 3.29. The molecular formula is C20H19FN2O. The number of benzene rings is 2. The molecule has 0 radical (unpaired) electrons. The maximum atomic E-state index is 14.2. The predicted octanol–water partition coefficient (Wildman–Crippen LogP) is 3.54. The molecule has 24 heavy (non-hydrogen) atoms. The average Bonchev–Trinajstić information content (AvgIpc) is 3.45. The Morgan fingerprint density at radius 1 is 1.12 bits per heavy atom. The molecule has 1 aliphatic carbocycles. The van der Waals surface area contributed by atoms with Crippen LogP contribution in [0.15, 0.2) is 54.7 Å². The summed E-state index contributed by atoms with van der Waals surface area (Å²) >= 11 is 0. The smallest absolute Gasteiger partial charge is 0.253 e. The zero-order valence-electron chi connectivity index (χ0n) is 13.3. The predicted molar refractivity (Wildman–Crippen MR) is 91.3 cm³/mol. The molecule has 122 valence electrons. The van der Waals surface area contributed by atoms with Gasteiger partial charge in [0.1, 0.15) is 5.82 Å². The summed E-state index contributed by atoms with van der Waals surface area (Å²) in [5, 5.41) is 6.20. The maximum Gasteiger partial charge on any atom is 0.253 e. The highest BCUT2D eigenvalue weighted by Crippen LogP contribution is 2.42. The first kappa shape index (κ1) is 14.9. The third-order valence-corrected chi connectivity index (χ3v) is 4.71. The molecule has 1 atom stereocenters. The van der Waals surface area contributed by atoms with Gasteiger partial charge in [-0.2, -0.15) is 0 Å². The van der Waals surface area contributed by atoms with Crippen LogP contribution in [0.3, 0.4) is 0 Å². The number of halogens is 1. The average molecular weight is 322 g/mol. The number of carbonyl (C=O) groups excluding carboxylic acids is 1. The quantitative estimate of drug-likeness (QED) is 0.904. The molecule has 0 bridgehead atoms. The van der Waals surface area contributed by atoms with Gasteiger partial charge in [-0.05, 0) is 36.0 Å². The topological polar surface area (TPSA) is 41.1 Å². The van der Waals surface area contributed by atoms with Crippen molar-refractivity contribution in [2.75, 3.05) is 0 Å². The van der Waals surface area contributed by atoms with E-state index in [1.54, 1.807) is 18.3 Å². The number of hydrogen-bond donors (Lipinski definition) is 2. The Balaban J connectivity index is 1.61. The molecule has 4 heteroatoms. The van der Waals surface area contributed by atoms with E-state index < -0.39 is 0 Å². The van der Waals surface area contributed by atoms with Crippen LogP contribution < -0.4 is 10.6 Å². The minimum absolute atomic E-state index is 0.158. The van der Waals surface area contributed by atoms with Crippen LogP contribution in [0.2, 0.25) is 0 Å². The van der Waals surface area contributed by atoms with Crippen molar-refractivity contribution in [1.82, 2.24) is 10.6 Å². The van der Waals surface area contributed by atoms with Crippen LogP contribution >= 0.6 is 0 Å². The van der Waals surface area contributed by atoms with Crippen molar-refractivity contribution in [2.24, 2.45) is 5.92 Å². The van der Waals surface area contributed by atoms with Crippen molar-refractivity contribution in [1.29, 1.82) is 0 Å². The molecule has 4 rings (SSSR count). The third kappa shape index (κ3) is 2.80. The minimum Gasteiger partial charge on any atom is -0.386 e. The molecule has 1 heterocycles. The summed E-state index contributed by atoms with van der Waals surface area (Å²) in [6.45, 7) is 0.715. The molecule has 0 aromatic heterocycles. The number of rotatable bonds is 4. The van der Waals surface area contributed by atoms with Crippen LogP contribution in [0.5, 0.6) is 0 Å². The van der Waals surface area contributed by atoms with E-state index in [9.17, 15) is 9.18 Å². The highest BCUT2D eigenvalue weighted by Gasteiger charge is 2.35. The lowest BCUT2D eigenvalue weighted by molar-refractivity contribution is -0.116. The van der Waals surface area contributed by atoms with E-state index in [1.165, 1.54) is 6.07 Å². The SMILES string of the molecule is O=C(N[C@H](c1ccccc1F)C1CC1)C1=CNCc2ccccc21. The highest BCUT2D eigenvalue weighted by atomic mass is 19.1. The second-order valence-corrected chi connectivity index (χ2v) is 6.41. The summed E-state index contributed by atoms with van der Waals surface area (Å²) in [5.41, 5.74) is 3.22. The van der Waals surface area contributed by atoms with Crippen molar-refractivity contribution in [3.8, 4) is 0 Å². The molecule has 2 aromatic carbocycles. The van der Waals surface area contributed by atoms with Crippen LogP contribution in [0.4, 0.5) is 4.39 Å². The largest absolute Gasteiger partial charge is 0.386 e. The second-order valence-electron chi connectivity index (χ2n) is 6.41. The van der Waals surface area contributed by atoms with Crippen molar-refractivity contribution >= 4 is 11.5 Å². The van der Waals surface area contributed by atoms with Crippen LogP contribution in [-0.2, 0) is 11.3 Å². The Hall–Kier alpha value is -2.62. The zero-order valence-corrected chi connectivity index (χ0v) is 13.3. The summed E-state index contributed by atoms with van der Waals surface area (Å²) in [6.07, 6.45) is 3.79. The Kier molecular flexibility index (Phi) is 3.81. The monoisotopic (exact) mass is 322 g/mol. The molecule has 2 aromatic rings. The van der Waals surface area contributed by atoms with E-state index >= 15 is 0 Å². The molecule has 2 N–H and O–H groups in total. The first-order valence-corrected chi connectivity index (χ1v) is 8.31. The molecule has 0 saturated heterocycles. The summed E-state index contributed by atoms with van der Waals surface area (Å²) < 4.78 is 14.2. The van der Waals surface area contributed by atoms with E-state index in [2.05, 4.69) is 10.6 Å². The molecule has 1 aliphatic heterocycles. The van der Waals surface area contributed by atoms with Crippen molar-refractivity contribution in [3.63, 3.8) is 0 Å². The van der Waals surface area contributed by atoms with Crippen molar-refractivity contribution in [3.05, 3.63) is 77.2 Å². The summed E-state index contributed by atoms with van der Waals surface area (Å²) in [4.78, 5) is 12.8. The van der Waals surface area contributed by atoms with E-state index in [4.69, 9.17) is 0 Å². The number of nitrogens with one attached hydrogen (secondary N) is 2. The highest BCUT2D eigenvalue weighted by molar-refractivity contribution is 6.20. The van der Waals surface area contributed by atoms with Crippen LogP contribution in [0.25, 0.3) is 5.57 Å². The Morgan fingerprint density at radius 3 is 2.67 bits per heavy atom. The fourth-order valence-electron chi connectivity index (χ4n) is 3.29. The van der Waals surface area contributed by atoms with Crippen molar-refractivity contribution in [2.45, 2.75) is 25.4 Å². The lowest BCUT2D eigenvalue weighted by Crippen LogP contribution is -2.33. The molecular weight excluding hydrogens is 303 g/mol. The standard InChI is InChI=1S/C20H19FN2O/c21-18-8-4-3-7-16(18)19(13-9-10-13)23-20(24)17-12-22-11-14-5-1-2-6-15(14)17/h1-8,12-13,19,22H,9-11H2,(H,23,24)/t19-/m0/s1. The fraction of sp³-hybridized carbons (Fsp3) is 0.250. The van der Waals surface area contributed by atoms with Crippen molar-refractivity contribution < 1.29 is 9.18 Å². The molecule has 1 saturated carbocycles. The number of hydrogen-bond acceptors (Lipinski definition) is 2. The number of amides is 1. The molecule has 0 spiro atoms. The van der Waals surface area contributed by atoms with Gasteiger partial charge in [0.15, 0.2) is 0 Å². The van der Waals surface area contributed by atoms with Gasteiger partial charge in [0.2, 0.25) is 0 Å². The van der Waals surface area contributed by atoms with Gasteiger partial charge in [-0.1, -0.05) is 42.5 Å². The molecule has 3 nitrogen and oxygen atoms in total. The lowest BCUT2D eigenvalue weighted by atomic mass is 9.96.